The standard InChI is InChI=1S/C17H19FN4O2/c18-13-9-20-17(21-10-13)22-6-7-23-16-14(22)3-4-15(16)24-11-12-2-1-5-19-8-12/h1-2,5,8-10,14-16H,3-4,6-7,11H2/t14-,15-,16-/m1/s1. The molecule has 0 amide bonds. The summed E-state index contributed by atoms with van der Waals surface area (Å²) >= 11 is 0. The lowest BCUT2D eigenvalue weighted by molar-refractivity contribution is -0.0773. The van der Waals surface area contributed by atoms with Crippen molar-refractivity contribution in [2.24, 2.45) is 0 Å². The molecule has 7 heteroatoms. The van der Waals surface area contributed by atoms with E-state index >= 15 is 0 Å². The van der Waals surface area contributed by atoms with E-state index in [1.54, 1.807) is 6.20 Å². The Morgan fingerprint density at radius 2 is 2.12 bits per heavy atom. The van der Waals surface area contributed by atoms with E-state index in [2.05, 4.69) is 19.9 Å². The summed E-state index contributed by atoms with van der Waals surface area (Å²) in [4.78, 5) is 14.4. The van der Waals surface area contributed by atoms with Gasteiger partial charge in [-0.3, -0.25) is 4.98 Å². The van der Waals surface area contributed by atoms with Gasteiger partial charge in [-0.25, -0.2) is 14.4 Å². The zero-order chi connectivity index (χ0) is 16.4. The quantitative estimate of drug-likeness (QED) is 0.854. The highest BCUT2D eigenvalue weighted by Crippen LogP contribution is 2.34. The summed E-state index contributed by atoms with van der Waals surface area (Å²) in [5, 5.41) is 0. The summed E-state index contributed by atoms with van der Waals surface area (Å²) in [7, 11) is 0. The van der Waals surface area contributed by atoms with Gasteiger partial charge < -0.3 is 14.4 Å². The smallest absolute Gasteiger partial charge is 0.225 e. The van der Waals surface area contributed by atoms with Crippen LogP contribution < -0.4 is 4.90 Å². The van der Waals surface area contributed by atoms with E-state index in [9.17, 15) is 4.39 Å². The predicted molar refractivity (Wildman–Crippen MR) is 84.9 cm³/mol. The summed E-state index contributed by atoms with van der Waals surface area (Å²) in [6, 6.07) is 4.07. The lowest BCUT2D eigenvalue weighted by Gasteiger charge is -2.39. The minimum atomic E-state index is -0.423. The second kappa shape index (κ2) is 6.78. The average molecular weight is 330 g/mol. The van der Waals surface area contributed by atoms with E-state index in [1.807, 2.05) is 18.3 Å². The van der Waals surface area contributed by atoms with Crippen molar-refractivity contribution < 1.29 is 13.9 Å². The van der Waals surface area contributed by atoms with Crippen molar-refractivity contribution in [2.75, 3.05) is 18.1 Å². The maximum atomic E-state index is 13.1. The molecule has 126 valence electrons. The van der Waals surface area contributed by atoms with Gasteiger partial charge in [0.25, 0.3) is 0 Å². The molecule has 1 saturated heterocycles. The van der Waals surface area contributed by atoms with Gasteiger partial charge in [0.15, 0.2) is 5.82 Å². The van der Waals surface area contributed by atoms with Crippen molar-refractivity contribution >= 4 is 5.95 Å². The van der Waals surface area contributed by atoms with Crippen LogP contribution in [0.2, 0.25) is 0 Å². The van der Waals surface area contributed by atoms with Gasteiger partial charge in [-0.05, 0) is 24.5 Å². The number of hydrogen-bond donors (Lipinski definition) is 0. The van der Waals surface area contributed by atoms with Gasteiger partial charge in [0.1, 0.15) is 6.10 Å². The van der Waals surface area contributed by atoms with Gasteiger partial charge in [-0.1, -0.05) is 6.07 Å². The second-order valence-electron chi connectivity index (χ2n) is 6.09. The number of halogens is 1. The predicted octanol–water partition coefficient (Wildman–Crippen LogP) is 1.96. The number of aromatic nitrogens is 3. The van der Waals surface area contributed by atoms with E-state index in [-0.39, 0.29) is 18.2 Å². The third-order valence-electron chi connectivity index (χ3n) is 4.59. The molecular formula is C17H19FN4O2. The SMILES string of the molecule is Fc1cnc(N2CCO[C@@H]3[C@H]2CC[C@H]3OCc2cccnc2)nc1. The largest absolute Gasteiger partial charge is 0.372 e. The Balaban J connectivity index is 1.43. The first-order chi connectivity index (χ1) is 11.8. The Labute approximate surface area is 139 Å². The normalized spacial score (nSPS) is 26.4. The van der Waals surface area contributed by atoms with Crippen LogP contribution >= 0.6 is 0 Å². The van der Waals surface area contributed by atoms with Gasteiger partial charge in [0.2, 0.25) is 5.95 Å². The van der Waals surface area contributed by atoms with Crippen LogP contribution in [0, 0.1) is 5.82 Å². The van der Waals surface area contributed by atoms with E-state index in [0.717, 1.165) is 18.4 Å². The minimum Gasteiger partial charge on any atom is -0.372 e. The van der Waals surface area contributed by atoms with Crippen molar-refractivity contribution in [3.05, 3.63) is 48.3 Å². The molecule has 0 aromatic carbocycles. The van der Waals surface area contributed by atoms with E-state index < -0.39 is 5.82 Å². The maximum absolute atomic E-state index is 13.1. The molecule has 2 fully saturated rings. The first-order valence-electron chi connectivity index (χ1n) is 8.17. The van der Waals surface area contributed by atoms with Gasteiger partial charge in [-0.2, -0.15) is 0 Å². The number of anilines is 1. The number of morpholine rings is 1. The van der Waals surface area contributed by atoms with Gasteiger partial charge >= 0.3 is 0 Å². The molecular weight excluding hydrogens is 311 g/mol. The molecule has 1 aliphatic carbocycles. The highest BCUT2D eigenvalue weighted by atomic mass is 19.1. The van der Waals surface area contributed by atoms with Crippen LogP contribution in [0.1, 0.15) is 18.4 Å². The molecule has 2 aromatic heterocycles. The minimum absolute atomic E-state index is 0.0101. The van der Waals surface area contributed by atoms with Gasteiger partial charge in [-0.15, -0.1) is 0 Å². The molecule has 4 rings (SSSR count). The van der Waals surface area contributed by atoms with Crippen LogP contribution in [0.15, 0.2) is 36.9 Å². The van der Waals surface area contributed by atoms with Crippen molar-refractivity contribution in [2.45, 2.75) is 37.7 Å². The first-order valence-corrected chi connectivity index (χ1v) is 8.17. The van der Waals surface area contributed by atoms with E-state index in [0.29, 0.717) is 25.7 Å². The van der Waals surface area contributed by atoms with Crippen molar-refractivity contribution in [1.82, 2.24) is 15.0 Å². The van der Waals surface area contributed by atoms with Crippen LogP contribution in [-0.2, 0) is 16.1 Å². The van der Waals surface area contributed by atoms with Crippen molar-refractivity contribution in [1.29, 1.82) is 0 Å². The lowest BCUT2D eigenvalue weighted by atomic mass is 10.1. The molecule has 3 heterocycles. The number of nitrogens with zero attached hydrogens (tertiary/aromatic N) is 4. The molecule has 0 N–H and O–H groups in total. The second-order valence-corrected chi connectivity index (χ2v) is 6.09. The molecule has 1 aliphatic heterocycles. The van der Waals surface area contributed by atoms with Crippen LogP contribution in [0.25, 0.3) is 0 Å². The Bertz CT molecular complexity index is 670. The molecule has 24 heavy (non-hydrogen) atoms. The Morgan fingerprint density at radius 1 is 1.25 bits per heavy atom. The zero-order valence-corrected chi connectivity index (χ0v) is 13.2. The fraction of sp³-hybridized carbons (Fsp3) is 0.471. The molecule has 2 aromatic rings. The van der Waals surface area contributed by atoms with Crippen molar-refractivity contribution in [3.63, 3.8) is 0 Å². The summed E-state index contributed by atoms with van der Waals surface area (Å²) < 4.78 is 25.1. The topological polar surface area (TPSA) is 60.4 Å². The number of pyridine rings is 1. The molecule has 1 saturated carbocycles. The summed E-state index contributed by atoms with van der Waals surface area (Å²) in [6.07, 6.45) is 7.88. The molecule has 6 nitrogen and oxygen atoms in total. The highest BCUT2D eigenvalue weighted by molar-refractivity contribution is 5.33. The summed E-state index contributed by atoms with van der Waals surface area (Å²) in [5.41, 5.74) is 1.05. The van der Waals surface area contributed by atoms with Crippen LogP contribution in [-0.4, -0.2) is 46.4 Å². The van der Waals surface area contributed by atoms with E-state index in [4.69, 9.17) is 9.47 Å². The first kappa shape index (κ1) is 15.4. The maximum Gasteiger partial charge on any atom is 0.225 e. The van der Waals surface area contributed by atoms with Gasteiger partial charge in [0, 0.05) is 18.9 Å². The number of hydrogen-bond acceptors (Lipinski definition) is 6. The molecule has 2 aliphatic rings. The highest BCUT2D eigenvalue weighted by Gasteiger charge is 2.44. The third-order valence-corrected chi connectivity index (χ3v) is 4.59. The number of rotatable bonds is 4. The van der Waals surface area contributed by atoms with E-state index in [1.165, 1.54) is 12.4 Å². The summed E-state index contributed by atoms with van der Waals surface area (Å²) in [5.74, 6) is 0.135. The molecule has 3 atom stereocenters. The fourth-order valence-corrected chi connectivity index (χ4v) is 3.48. The number of fused-ring (bicyclic) bond motifs is 1. The van der Waals surface area contributed by atoms with Crippen LogP contribution in [0.3, 0.4) is 0 Å². The number of ether oxygens (including phenoxy) is 2. The monoisotopic (exact) mass is 330 g/mol. The summed E-state index contributed by atoms with van der Waals surface area (Å²) in [6.45, 7) is 1.83. The average Bonchev–Trinajstić information content (AvgIpc) is 3.05. The Morgan fingerprint density at radius 3 is 2.92 bits per heavy atom. The lowest BCUT2D eigenvalue weighted by Crippen LogP contribution is -2.52. The molecule has 0 radical (unpaired) electrons. The zero-order valence-electron chi connectivity index (χ0n) is 13.2. The van der Waals surface area contributed by atoms with Crippen molar-refractivity contribution in [3.8, 4) is 0 Å². The molecule has 0 unspecified atom stereocenters. The Hall–Kier alpha value is -2.12. The fourth-order valence-electron chi connectivity index (χ4n) is 3.48. The van der Waals surface area contributed by atoms with Gasteiger partial charge in [0.05, 0.1) is 37.8 Å². The molecule has 0 spiro atoms. The van der Waals surface area contributed by atoms with Crippen LogP contribution in [0.4, 0.5) is 10.3 Å². The Kier molecular flexibility index (Phi) is 4.36. The third kappa shape index (κ3) is 3.09. The molecule has 0 bridgehead atoms. The van der Waals surface area contributed by atoms with Crippen LogP contribution in [0.5, 0.6) is 0 Å².